The fraction of sp³-hybridized carbons (Fsp3) is 0.174. The number of carbonyl (C=O) groups excluding carboxylic acids is 1. The van der Waals surface area contributed by atoms with Crippen LogP contribution in [0.2, 0.25) is 0 Å². The van der Waals surface area contributed by atoms with Crippen molar-refractivity contribution in [1.82, 2.24) is 0 Å². The van der Waals surface area contributed by atoms with Gasteiger partial charge in [0.2, 0.25) is 0 Å². The molecule has 2 aliphatic rings. The third-order valence-corrected chi connectivity index (χ3v) is 3.71. The maximum Gasteiger partial charge on any atom is 2.00 e. The SMILES string of the molecule is CC(C)(C)c1ccc(/C=C/C(=O)[C]2[CH][CH][CH][CH]2)cc1.[CH]1[CH][CH][CH][CH]1.[Fe+2]. The summed E-state index contributed by atoms with van der Waals surface area (Å²) in [6, 6.07) is 8.34. The molecule has 0 unspecified atom stereocenters. The van der Waals surface area contributed by atoms with Crippen LogP contribution in [0.15, 0.2) is 30.3 Å². The molecule has 0 spiro atoms. The van der Waals surface area contributed by atoms with Gasteiger partial charge in [0.05, 0.1) is 5.92 Å². The van der Waals surface area contributed by atoms with Gasteiger partial charge in [-0.2, -0.15) is 0 Å². The summed E-state index contributed by atoms with van der Waals surface area (Å²) in [6.45, 7) is 6.57. The van der Waals surface area contributed by atoms with E-state index in [-0.39, 0.29) is 28.3 Å². The molecule has 1 aromatic carbocycles. The first-order valence-electron chi connectivity index (χ1n) is 8.18. The van der Waals surface area contributed by atoms with Crippen LogP contribution in [-0.4, -0.2) is 5.78 Å². The van der Waals surface area contributed by atoms with E-state index >= 15 is 0 Å². The quantitative estimate of drug-likeness (QED) is 0.540. The third kappa shape index (κ3) is 7.92. The van der Waals surface area contributed by atoms with E-state index in [0.29, 0.717) is 0 Å². The van der Waals surface area contributed by atoms with Crippen molar-refractivity contribution in [2.75, 3.05) is 0 Å². The van der Waals surface area contributed by atoms with Crippen molar-refractivity contribution in [3.05, 3.63) is 105 Å². The van der Waals surface area contributed by atoms with E-state index in [1.165, 1.54) is 5.56 Å². The Labute approximate surface area is 165 Å². The second-order valence-electron chi connectivity index (χ2n) is 6.71. The van der Waals surface area contributed by atoms with Gasteiger partial charge in [-0.1, -0.05) is 51.1 Å². The molecule has 1 aromatic rings. The average molecular weight is 372 g/mol. The van der Waals surface area contributed by atoms with Gasteiger partial charge >= 0.3 is 17.1 Å². The minimum atomic E-state index is 0. The van der Waals surface area contributed by atoms with Crippen LogP contribution in [0.3, 0.4) is 0 Å². The van der Waals surface area contributed by atoms with E-state index in [1.54, 1.807) is 6.08 Å². The summed E-state index contributed by atoms with van der Waals surface area (Å²) in [5, 5.41) is 0. The molecule has 2 fully saturated rings. The summed E-state index contributed by atoms with van der Waals surface area (Å²) in [4.78, 5) is 11.8. The monoisotopic (exact) mass is 372 g/mol. The molecule has 2 heteroatoms. The van der Waals surface area contributed by atoms with Gasteiger partial charge in [0.25, 0.3) is 0 Å². The molecule has 0 heterocycles. The van der Waals surface area contributed by atoms with Gasteiger partial charge in [-0.15, -0.1) is 0 Å². The molecule has 0 amide bonds. The molecular weight excluding hydrogens is 348 g/mol. The van der Waals surface area contributed by atoms with E-state index in [0.717, 1.165) is 11.5 Å². The Morgan fingerprint density at radius 3 is 1.72 bits per heavy atom. The van der Waals surface area contributed by atoms with Gasteiger partial charge < -0.3 is 0 Å². The van der Waals surface area contributed by atoms with Crippen LogP contribution >= 0.6 is 0 Å². The van der Waals surface area contributed by atoms with E-state index in [1.807, 2.05) is 63.9 Å². The van der Waals surface area contributed by atoms with Gasteiger partial charge in [0, 0.05) is 0 Å². The Bertz CT molecular complexity index is 519. The van der Waals surface area contributed by atoms with Gasteiger partial charge in [0.15, 0.2) is 5.78 Å². The second kappa shape index (κ2) is 11.0. The molecule has 128 valence electrons. The predicted molar refractivity (Wildman–Crippen MR) is 101 cm³/mol. The molecule has 0 saturated heterocycles. The van der Waals surface area contributed by atoms with Crippen LogP contribution < -0.4 is 0 Å². The molecule has 0 aliphatic heterocycles. The molecule has 0 aromatic heterocycles. The van der Waals surface area contributed by atoms with Gasteiger partial charge in [-0.25, -0.2) is 0 Å². The summed E-state index contributed by atoms with van der Waals surface area (Å²) >= 11 is 0. The summed E-state index contributed by atoms with van der Waals surface area (Å²) in [6.07, 6.45) is 20.9. The standard InChI is InChI=1S/C18H19O.C5H5.Fe/c1-18(2,3)16-11-8-14(9-12-16)10-13-17(19)15-6-4-5-7-15;1-2-4-5-3-1;/h4-13H,1-3H3;1-5H;/q;;+2/b13-10+;;. The van der Waals surface area contributed by atoms with Gasteiger partial charge in [-0.05, 0) is 80.4 Å². The van der Waals surface area contributed by atoms with Crippen LogP contribution in [0.4, 0.5) is 0 Å². The fourth-order valence-corrected chi connectivity index (χ4v) is 2.22. The first-order valence-corrected chi connectivity index (χ1v) is 8.18. The maximum atomic E-state index is 11.8. The molecular formula is C23H24FeO+2. The normalized spacial score (nSPS) is 17.9. The number of rotatable bonds is 3. The smallest absolute Gasteiger partial charge is 0.294 e. The Kier molecular flexibility index (Phi) is 9.75. The van der Waals surface area contributed by atoms with Crippen molar-refractivity contribution >= 4 is 11.9 Å². The predicted octanol–water partition coefficient (Wildman–Crippen LogP) is 4.99. The van der Waals surface area contributed by atoms with Crippen molar-refractivity contribution in [1.29, 1.82) is 0 Å². The molecule has 2 aliphatic carbocycles. The van der Waals surface area contributed by atoms with Crippen molar-refractivity contribution in [2.45, 2.75) is 26.2 Å². The van der Waals surface area contributed by atoms with E-state index < -0.39 is 0 Å². The van der Waals surface area contributed by atoms with Crippen LogP contribution in [0.1, 0.15) is 31.9 Å². The van der Waals surface area contributed by atoms with Crippen LogP contribution in [0.5, 0.6) is 0 Å². The van der Waals surface area contributed by atoms with E-state index in [2.05, 4.69) is 45.0 Å². The molecule has 3 rings (SSSR count). The van der Waals surface area contributed by atoms with E-state index in [4.69, 9.17) is 0 Å². The molecule has 0 N–H and O–H groups in total. The van der Waals surface area contributed by atoms with Crippen LogP contribution in [0.25, 0.3) is 6.08 Å². The molecule has 0 bridgehead atoms. The van der Waals surface area contributed by atoms with Crippen LogP contribution in [0, 0.1) is 63.7 Å². The molecule has 0 atom stereocenters. The number of benzene rings is 1. The van der Waals surface area contributed by atoms with Crippen molar-refractivity contribution in [3.63, 3.8) is 0 Å². The molecule has 1 nitrogen and oxygen atoms in total. The zero-order chi connectivity index (χ0) is 17.4. The summed E-state index contributed by atoms with van der Waals surface area (Å²) < 4.78 is 0. The Balaban J connectivity index is 0.000000448. The van der Waals surface area contributed by atoms with Gasteiger partial charge in [0.1, 0.15) is 0 Å². The molecule has 10 radical (unpaired) electrons. The first kappa shape index (κ1) is 22.2. The number of hydrogen-bond donors (Lipinski definition) is 0. The Hall–Kier alpha value is -0.851. The molecule has 25 heavy (non-hydrogen) atoms. The minimum absolute atomic E-state index is 0. The largest absolute Gasteiger partial charge is 2.00 e. The summed E-state index contributed by atoms with van der Waals surface area (Å²) in [5.74, 6) is 0.785. The fourth-order valence-electron chi connectivity index (χ4n) is 2.22. The Morgan fingerprint density at radius 2 is 1.28 bits per heavy atom. The number of ketones is 1. The molecule has 2 saturated carbocycles. The second-order valence-corrected chi connectivity index (χ2v) is 6.71. The number of hydrogen-bond acceptors (Lipinski definition) is 1. The van der Waals surface area contributed by atoms with Gasteiger partial charge in [-0.3, -0.25) is 4.79 Å². The topological polar surface area (TPSA) is 17.1 Å². The van der Waals surface area contributed by atoms with E-state index in [9.17, 15) is 4.79 Å². The zero-order valence-corrected chi connectivity index (χ0v) is 16.0. The number of allylic oxidation sites excluding steroid dienone is 1. The van der Waals surface area contributed by atoms with Crippen LogP contribution in [-0.2, 0) is 27.3 Å². The summed E-state index contributed by atoms with van der Waals surface area (Å²) in [7, 11) is 0. The minimum Gasteiger partial charge on any atom is -0.294 e. The van der Waals surface area contributed by atoms with Crippen molar-refractivity contribution in [2.24, 2.45) is 0 Å². The average Bonchev–Trinajstić information content (AvgIpc) is 3.27. The van der Waals surface area contributed by atoms with Crippen molar-refractivity contribution in [3.8, 4) is 0 Å². The summed E-state index contributed by atoms with van der Waals surface area (Å²) in [5.41, 5.74) is 2.51. The maximum absolute atomic E-state index is 11.8. The first-order chi connectivity index (χ1) is 11.5. The number of carbonyl (C=O) groups is 1. The van der Waals surface area contributed by atoms with Crippen molar-refractivity contribution < 1.29 is 21.9 Å². The zero-order valence-electron chi connectivity index (χ0n) is 14.9. The third-order valence-electron chi connectivity index (χ3n) is 3.71. The Morgan fingerprint density at radius 1 is 0.800 bits per heavy atom.